The van der Waals surface area contributed by atoms with Crippen molar-refractivity contribution in [2.24, 2.45) is 0 Å². The number of phenolic OH excluding ortho intramolecular Hbond substituents is 1. The molecule has 3 nitrogen and oxygen atoms in total. The SMILES string of the molecule is COc1ccc(-c2c(-c3c(C(C)C)cc(C(C)C)cc3C(C)C)cccc2-c2c(C(C)C)cc(C(C)C)cc2C(C)C)c(OC)c1Pc1cccc([Si](C)(C)C)c1O. The predicted octanol–water partition coefficient (Wildman–Crippen LogP) is 14.3. The minimum atomic E-state index is -1.81. The normalized spacial score (nSPS) is 12.5. The van der Waals surface area contributed by atoms with E-state index in [1.54, 1.807) is 14.2 Å². The van der Waals surface area contributed by atoms with Gasteiger partial charge in [-0.2, -0.15) is 0 Å². The van der Waals surface area contributed by atoms with Gasteiger partial charge in [0, 0.05) is 16.4 Å². The molecule has 0 fully saturated rings. The van der Waals surface area contributed by atoms with Crippen LogP contribution in [0.2, 0.25) is 19.6 Å². The Kier molecular flexibility index (Phi) is 14.2. The maximum atomic E-state index is 11.8. The van der Waals surface area contributed by atoms with Gasteiger partial charge in [-0.25, -0.2) is 0 Å². The monoisotopic (exact) mass is 814 g/mol. The van der Waals surface area contributed by atoms with Crippen molar-refractivity contribution in [2.75, 3.05) is 14.2 Å². The third kappa shape index (κ3) is 9.00. The van der Waals surface area contributed by atoms with E-state index in [4.69, 9.17) is 9.47 Å². The third-order valence-corrected chi connectivity index (χ3v) is 15.2. The Morgan fingerprint density at radius 1 is 0.500 bits per heavy atom. The van der Waals surface area contributed by atoms with Crippen LogP contribution in [0.1, 0.15) is 152 Å². The molecule has 0 aliphatic rings. The molecular weight excluding hydrogens is 744 g/mol. The smallest absolute Gasteiger partial charge is 0.138 e. The Morgan fingerprint density at radius 3 is 1.29 bits per heavy atom. The van der Waals surface area contributed by atoms with Gasteiger partial charge in [-0.15, -0.1) is 0 Å². The zero-order valence-electron chi connectivity index (χ0n) is 38.7. The van der Waals surface area contributed by atoms with E-state index in [9.17, 15) is 5.11 Å². The second-order valence-corrected chi connectivity index (χ2v) is 25.4. The van der Waals surface area contributed by atoms with E-state index in [1.807, 2.05) is 0 Å². The molecule has 58 heavy (non-hydrogen) atoms. The fourth-order valence-electron chi connectivity index (χ4n) is 8.44. The summed E-state index contributed by atoms with van der Waals surface area (Å²) in [6, 6.07) is 27.4. The summed E-state index contributed by atoms with van der Waals surface area (Å²) in [4.78, 5) is 0. The minimum absolute atomic E-state index is 0.118. The highest BCUT2D eigenvalue weighted by Gasteiger charge is 2.30. The van der Waals surface area contributed by atoms with Crippen molar-refractivity contribution in [3.05, 3.63) is 106 Å². The number of aromatic hydroxyl groups is 1. The van der Waals surface area contributed by atoms with Crippen molar-refractivity contribution >= 4 is 32.5 Å². The first-order valence-corrected chi connectivity index (χ1v) is 26.1. The molecule has 0 aromatic heterocycles. The molecule has 0 heterocycles. The molecule has 5 aromatic carbocycles. The molecule has 1 atom stereocenters. The molecular formula is C53H71O3PSi. The number of para-hydroxylation sites is 1. The van der Waals surface area contributed by atoms with Crippen LogP contribution in [-0.4, -0.2) is 27.4 Å². The lowest BCUT2D eigenvalue weighted by molar-refractivity contribution is 0.402. The molecule has 0 saturated carbocycles. The Hall–Kier alpha value is -3.85. The van der Waals surface area contributed by atoms with Crippen molar-refractivity contribution in [1.82, 2.24) is 0 Å². The summed E-state index contributed by atoms with van der Waals surface area (Å²) >= 11 is 0. The van der Waals surface area contributed by atoms with Crippen LogP contribution >= 0.6 is 8.58 Å². The summed E-state index contributed by atoms with van der Waals surface area (Å²) in [5.41, 5.74) is 15.6. The van der Waals surface area contributed by atoms with Crippen molar-refractivity contribution in [1.29, 1.82) is 0 Å². The van der Waals surface area contributed by atoms with Gasteiger partial charge in [-0.1, -0.05) is 163 Å². The van der Waals surface area contributed by atoms with Gasteiger partial charge in [0.15, 0.2) is 0 Å². The number of methoxy groups -OCH3 is 2. The highest BCUT2D eigenvalue weighted by atomic mass is 31.1. The van der Waals surface area contributed by atoms with Crippen molar-refractivity contribution < 1.29 is 14.6 Å². The summed E-state index contributed by atoms with van der Waals surface area (Å²) in [6.07, 6.45) is 0. The van der Waals surface area contributed by atoms with Crippen LogP contribution in [0.3, 0.4) is 0 Å². The highest BCUT2D eigenvalue weighted by Crippen LogP contribution is 2.51. The maximum absolute atomic E-state index is 11.8. The summed E-state index contributed by atoms with van der Waals surface area (Å²) in [6.45, 7) is 34.8. The summed E-state index contributed by atoms with van der Waals surface area (Å²) in [7, 11) is 1.83. The molecule has 5 aromatic rings. The average molecular weight is 815 g/mol. The molecule has 0 aliphatic heterocycles. The zero-order chi connectivity index (χ0) is 43.0. The van der Waals surface area contributed by atoms with E-state index in [0.29, 0.717) is 41.3 Å². The Balaban J connectivity index is 2.04. The molecule has 1 N–H and O–H groups in total. The number of hydrogen-bond donors (Lipinski definition) is 1. The molecule has 0 bridgehead atoms. The Morgan fingerprint density at radius 2 is 0.931 bits per heavy atom. The van der Waals surface area contributed by atoms with Crippen LogP contribution in [0, 0.1) is 0 Å². The molecule has 0 aliphatic carbocycles. The van der Waals surface area contributed by atoms with E-state index in [1.165, 1.54) is 61.2 Å². The van der Waals surface area contributed by atoms with E-state index in [2.05, 4.69) is 176 Å². The van der Waals surface area contributed by atoms with Gasteiger partial charge < -0.3 is 14.6 Å². The van der Waals surface area contributed by atoms with Crippen molar-refractivity contribution in [3.63, 3.8) is 0 Å². The highest BCUT2D eigenvalue weighted by molar-refractivity contribution is 7.56. The van der Waals surface area contributed by atoms with Crippen molar-refractivity contribution in [2.45, 2.75) is 138 Å². The Labute approximate surface area is 354 Å². The van der Waals surface area contributed by atoms with Gasteiger partial charge in [-0.3, -0.25) is 0 Å². The largest absolute Gasteiger partial charge is 0.507 e. The van der Waals surface area contributed by atoms with Crippen molar-refractivity contribution in [3.8, 4) is 50.6 Å². The molecule has 310 valence electrons. The van der Waals surface area contributed by atoms with Crippen LogP contribution in [0.4, 0.5) is 0 Å². The lowest BCUT2D eigenvalue weighted by Crippen LogP contribution is -2.39. The fraction of sp³-hybridized carbons (Fsp3) is 0.434. The molecule has 5 rings (SSSR count). The lowest BCUT2D eigenvalue weighted by Gasteiger charge is -2.29. The molecule has 1 unspecified atom stereocenters. The van der Waals surface area contributed by atoms with E-state index in [-0.39, 0.29) is 8.58 Å². The van der Waals surface area contributed by atoms with Gasteiger partial charge in [-0.05, 0) is 117 Å². The first-order chi connectivity index (χ1) is 27.2. The summed E-state index contributed by atoms with van der Waals surface area (Å²) in [5.74, 6) is 4.01. The Bertz CT molecular complexity index is 2100. The van der Waals surface area contributed by atoms with Gasteiger partial charge in [0.05, 0.1) is 27.6 Å². The number of ether oxygens (including phenoxy) is 2. The summed E-state index contributed by atoms with van der Waals surface area (Å²) in [5, 5.41) is 14.7. The number of phenols is 1. The van der Waals surface area contributed by atoms with Gasteiger partial charge in [0.25, 0.3) is 0 Å². The predicted molar refractivity (Wildman–Crippen MR) is 259 cm³/mol. The van der Waals surface area contributed by atoms with Gasteiger partial charge >= 0.3 is 0 Å². The minimum Gasteiger partial charge on any atom is -0.507 e. The van der Waals surface area contributed by atoms with E-state index < -0.39 is 8.07 Å². The van der Waals surface area contributed by atoms with E-state index >= 15 is 0 Å². The van der Waals surface area contributed by atoms with Crippen LogP contribution in [0.25, 0.3) is 33.4 Å². The quantitative estimate of drug-likeness (QED) is 0.0896. The number of benzene rings is 5. The molecule has 0 radical (unpaired) electrons. The van der Waals surface area contributed by atoms with Crippen LogP contribution in [-0.2, 0) is 0 Å². The molecule has 0 spiro atoms. The summed E-state index contributed by atoms with van der Waals surface area (Å²) < 4.78 is 12.8. The van der Waals surface area contributed by atoms with Crippen LogP contribution in [0.5, 0.6) is 17.2 Å². The number of rotatable bonds is 14. The molecule has 0 saturated heterocycles. The molecule has 0 amide bonds. The molecule has 5 heteroatoms. The topological polar surface area (TPSA) is 38.7 Å². The first kappa shape index (κ1) is 45.2. The second-order valence-electron chi connectivity index (χ2n) is 19.1. The fourth-order valence-corrected chi connectivity index (χ4v) is 11.4. The van der Waals surface area contributed by atoms with Gasteiger partial charge in [0.2, 0.25) is 0 Å². The lowest BCUT2D eigenvalue weighted by atomic mass is 9.76. The average Bonchev–Trinajstić information content (AvgIpc) is 3.16. The van der Waals surface area contributed by atoms with E-state index in [0.717, 1.165) is 32.9 Å². The van der Waals surface area contributed by atoms with Crippen LogP contribution in [0.15, 0.2) is 72.8 Å². The zero-order valence-corrected chi connectivity index (χ0v) is 40.7. The maximum Gasteiger partial charge on any atom is 0.138 e. The standard InChI is InChI=1S/C53H71O3PSi/c1-30(2)36-26-41(32(5)6)49(42(27-36)33(7)8)38-20-18-21-39(50-43(34(9)10)28-37(31(3)4)29-44(50)35(11)12)48(38)40-24-25-45(55-13)53(52(40)56-14)57-46-22-19-23-47(51(46)54)58(15,16)17/h18-35,54,57H,1-17H3. The van der Waals surface area contributed by atoms with Crippen LogP contribution < -0.4 is 25.3 Å². The van der Waals surface area contributed by atoms with Gasteiger partial charge in [0.1, 0.15) is 17.2 Å². The number of hydrogen-bond acceptors (Lipinski definition) is 3. The first-order valence-electron chi connectivity index (χ1n) is 21.6. The second kappa shape index (κ2) is 18.2. The third-order valence-electron chi connectivity index (χ3n) is 11.8.